The van der Waals surface area contributed by atoms with Crippen LogP contribution in [0.15, 0.2) is 57.5 Å². The van der Waals surface area contributed by atoms with Gasteiger partial charge in [-0.2, -0.15) is 0 Å². The molecule has 0 aromatic heterocycles. The third kappa shape index (κ3) is 3.29. The maximum atomic E-state index is 12.4. The van der Waals surface area contributed by atoms with E-state index >= 15 is 0 Å². The van der Waals surface area contributed by atoms with Crippen molar-refractivity contribution in [1.29, 1.82) is 0 Å². The molecule has 3 nitrogen and oxygen atoms in total. The second kappa shape index (κ2) is 6.08. The number of halogens is 2. The maximum Gasteiger partial charge on any atom is 0.248 e. The van der Waals surface area contributed by atoms with Crippen LogP contribution in [0.2, 0.25) is 0 Å². The first-order chi connectivity index (χ1) is 9.41. The van der Waals surface area contributed by atoms with Crippen LogP contribution in [0.1, 0.15) is 12.5 Å². The number of hydrogen-bond donors (Lipinski definition) is 2. The molecule has 1 atom stereocenters. The summed E-state index contributed by atoms with van der Waals surface area (Å²) in [6.07, 6.45) is 0. The van der Waals surface area contributed by atoms with Crippen molar-refractivity contribution in [3.63, 3.8) is 0 Å². The molecule has 0 fully saturated rings. The number of anilines is 1. The average Bonchev–Trinajstić information content (AvgIpc) is 2.43. The summed E-state index contributed by atoms with van der Waals surface area (Å²) in [6, 6.07) is 14.9. The van der Waals surface area contributed by atoms with Crippen LogP contribution in [0.5, 0.6) is 0 Å². The molecular weight excluding hydrogens is 384 g/mol. The zero-order valence-corrected chi connectivity index (χ0v) is 14.0. The number of amides is 1. The van der Waals surface area contributed by atoms with Crippen molar-refractivity contribution in [2.45, 2.75) is 12.5 Å². The second-order valence-corrected chi connectivity index (χ2v) is 6.42. The van der Waals surface area contributed by atoms with Crippen LogP contribution in [0.25, 0.3) is 0 Å². The summed E-state index contributed by atoms with van der Waals surface area (Å²) in [7, 11) is 0. The normalized spacial score (nSPS) is 13.6. The van der Waals surface area contributed by atoms with E-state index in [1.54, 1.807) is 6.92 Å². The lowest BCUT2D eigenvalue weighted by molar-refractivity contribution is -0.120. The van der Waals surface area contributed by atoms with Crippen molar-refractivity contribution in [2.75, 3.05) is 5.32 Å². The molecule has 1 unspecified atom stereocenters. The van der Waals surface area contributed by atoms with Crippen LogP contribution in [0, 0.1) is 0 Å². The Hall–Kier alpha value is -1.17. The van der Waals surface area contributed by atoms with E-state index in [0.29, 0.717) is 5.69 Å². The topological polar surface area (TPSA) is 55.1 Å². The molecule has 0 radical (unpaired) electrons. The van der Waals surface area contributed by atoms with Gasteiger partial charge in [0.25, 0.3) is 0 Å². The monoisotopic (exact) mass is 396 g/mol. The highest BCUT2D eigenvalue weighted by atomic mass is 79.9. The zero-order chi connectivity index (χ0) is 14.8. The van der Waals surface area contributed by atoms with Gasteiger partial charge in [-0.3, -0.25) is 4.79 Å². The van der Waals surface area contributed by atoms with E-state index in [-0.39, 0.29) is 5.91 Å². The molecule has 0 spiro atoms. The second-order valence-electron chi connectivity index (χ2n) is 4.65. The van der Waals surface area contributed by atoms with Crippen molar-refractivity contribution in [1.82, 2.24) is 0 Å². The fraction of sp³-hybridized carbons (Fsp3) is 0.133. The number of carbonyl (C=O) groups excluding carboxylic acids is 1. The van der Waals surface area contributed by atoms with Crippen LogP contribution >= 0.6 is 31.9 Å². The van der Waals surface area contributed by atoms with Crippen LogP contribution in [0.4, 0.5) is 5.69 Å². The van der Waals surface area contributed by atoms with Gasteiger partial charge >= 0.3 is 0 Å². The minimum Gasteiger partial charge on any atom is -0.323 e. The van der Waals surface area contributed by atoms with Crippen LogP contribution in [-0.2, 0) is 10.3 Å². The Morgan fingerprint density at radius 3 is 2.45 bits per heavy atom. The first-order valence-corrected chi connectivity index (χ1v) is 7.61. The summed E-state index contributed by atoms with van der Waals surface area (Å²) >= 11 is 6.78. The summed E-state index contributed by atoms with van der Waals surface area (Å²) in [4.78, 5) is 12.4. The number of benzene rings is 2. The lowest BCUT2D eigenvalue weighted by Crippen LogP contribution is -2.45. The standard InChI is InChI=1S/C15H14Br2N2O/c1-15(18,10-5-3-2-4-6-10)14(20)19-13-9-11(16)7-8-12(13)17/h2-9H,18H2,1H3,(H,19,20). The highest BCUT2D eigenvalue weighted by Gasteiger charge is 2.30. The molecular formula is C15H14Br2N2O. The van der Waals surface area contributed by atoms with Crippen LogP contribution < -0.4 is 11.1 Å². The number of nitrogens with one attached hydrogen (secondary N) is 1. The molecule has 2 aromatic carbocycles. The predicted octanol–water partition coefficient (Wildman–Crippen LogP) is 4.02. The van der Waals surface area contributed by atoms with Gasteiger partial charge in [0.05, 0.1) is 5.69 Å². The highest BCUT2D eigenvalue weighted by Crippen LogP contribution is 2.28. The van der Waals surface area contributed by atoms with Crippen molar-refractivity contribution < 1.29 is 4.79 Å². The van der Waals surface area contributed by atoms with Gasteiger partial charge in [-0.15, -0.1) is 0 Å². The molecule has 2 rings (SSSR count). The number of rotatable bonds is 3. The summed E-state index contributed by atoms with van der Waals surface area (Å²) < 4.78 is 1.69. The Kier molecular flexibility index (Phi) is 4.62. The van der Waals surface area contributed by atoms with Crippen LogP contribution in [0.3, 0.4) is 0 Å². The van der Waals surface area contributed by atoms with Gasteiger partial charge in [0.1, 0.15) is 5.54 Å². The molecule has 0 saturated carbocycles. The van der Waals surface area contributed by atoms with E-state index < -0.39 is 5.54 Å². The van der Waals surface area contributed by atoms with Crippen molar-refractivity contribution in [2.24, 2.45) is 5.73 Å². The molecule has 1 amide bonds. The fourth-order valence-electron chi connectivity index (χ4n) is 1.76. The third-order valence-electron chi connectivity index (χ3n) is 3.02. The van der Waals surface area contributed by atoms with E-state index in [9.17, 15) is 4.79 Å². The van der Waals surface area contributed by atoms with E-state index in [4.69, 9.17) is 5.73 Å². The van der Waals surface area contributed by atoms with Crippen molar-refractivity contribution in [3.05, 3.63) is 63.0 Å². The summed E-state index contributed by atoms with van der Waals surface area (Å²) in [5, 5.41) is 2.85. The molecule has 3 N–H and O–H groups in total. The van der Waals surface area contributed by atoms with Gasteiger partial charge in [0.2, 0.25) is 5.91 Å². The Morgan fingerprint density at radius 2 is 1.80 bits per heavy atom. The maximum absolute atomic E-state index is 12.4. The first kappa shape index (κ1) is 15.2. The molecule has 0 saturated heterocycles. The van der Waals surface area contributed by atoms with Gasteiger partial charge in [0.15, 0.2) is 0 Å². The molecule has 5 heteroatoms. The highest BCUT2D eigenvalue weighted by molar-refractivity contribution is 9.11. The predicted molar refractivity (Wildman–Crippen MR) is 88.5 cm³/mol. The minimum atomic E-state index is -1.09. The summed E-state index contributed by atoms with van der Waals surface area (Å²) in [5.41, 5.74) is 6.53. The quantitative estimate of drug-likeness (QED) is 0.821. The lowest BCUT2D eigenvalue weighted by Gasteiger charge is -2.24. The fourth-order valence-corrected chi connectivity index (χ4v) is 2.47. The van der Waals surface area contributed by atoms with E-state index in [1.807, 2.05) is 48.5 Å². The third-order valence-corrected chi connectivity index (χ3v) is 4.21. The molecule has 20 heavy (non-hydrogen) atoms. The van der Waals surface area contributed by atoms with Crippen molar-refractivity contribution in [3.8, 4) is 0 Å². The molecule has 0 aliphatic carbocycles. The average molecular weight is 398 g/mol. The van der Waals surface area contributed by atoms with Gasteiger partial charge in [0, 0.05) is 8.95 Å². The largest absolute Gasteiger partial charge is 0.323 e. The number of carbonyl (C=O) groups is 1. The van der Waals surface area contributed by atoms with E-state index in [0.717, 1.165) is 14.5 Å². The molecule has 0 heterocycles. The minimum absolute atomic E-state index is 0.262. The Morgan fingerprint density at radius 1 is 1.15 bits per heavy atom. The zero-order valence-electron chi connectivity index (χ0n) is 10.9. The lowest BCUT2D eigenvalue weighted by atomic mass is 9.92. The van der Waals surface area contributed by atoms with Crippen LogP contribution in [-0.4, -0.2) is 5.91 Å². The SMILES string of the molecule is CC(N)(C(=O)Nc1cc(Br)ccc1Br)c1ccccc1. The number of nitrogens with two attached hydrogens (primary N) is 1. The Balaban J connectivity index is 2.26. The molecule has 0 aliphatic heterocycles. The molecule has 2 aromatic rings. The Labute approximate surface area is 134 Å². The van der Waals surface area contributed by atoms with Gasteiger partial charge < -0.3 is 11.1 Å². The van der Waals surface area contributed by atoms with E-state index in [2.05, 4.69) is 37.2 Å². The molecule has 0 bridgehead atoms. The van der Waals surface area contributed by atoms with Gasteiger partial charge in [-0.25, -0.2) is 0 Å². The Bertz CT molecular complexity index is 627. The number of hydrogen-bond acceptors (Lipinski definition) is 2. The van der Waals surface area contributed by atoms with Gasteiger partial charge in [-0.1, -0.05) is 46.3 Å². The van der Waals surface area contributed by atoms with Gasteiger partial charge in [-0.05, 0) is 46.6 Å². The van der Waals surface area contributed by atoms with E-state index in [1.165, 1.54) is 0 Å². The summed E-state index contributed by atoms with van der Waals surface area (Å²) in [6.45, 7) is 1.70. The summed E-state index contributed by atoms with van der Waals surface area (Å²) in [5.74, 6) is -0.262. The molecule has 0 aliphatic rings. The van der Waals surface area contributed by atoms with Crippen molar-refractivity contribution >= 4 is 43.5 Å². The first-order valence-electron chi connectivity index (χ1n) is 6.02. The molecule has 104 valence electrons. The smallest absolute Gasteiger partial charge is 0.248 e.